The molecule has 102 valence electrons. The van der Waals surface area contributed by atoms with E-state index in [0.29, 0.717) is 37.7 Å². The van der Waals surface area contributed by atoms with Gasteiger partial charge in [0.2, 0.25) is 0 Å². The summed E-state index contributed by atoms with van der Waals surface area (Å²) in [6.45, 7) is 6.03. The molecule has 0 bridgehead atoms. The van der Waals surface area contributed by atoms with Gasteiger partial charge in [-0.2, -0.15) is 5.10 Å². The standard InChI is InChI=1S/C12H20ClN3O2/c1-4-16(6-8-18-7-5-13)12(17)11-9-15(3)14-10(11)2/h9H,4-8H2,1-3H3. The van der Waals surface area contributed by atoms with Crippen molar-refractivity contribution < 1.29 is 9.53 Å². The van der Waals surface area contributed by atoms with Crippen LogP contribution in [-0.4, -0.2) is 52.8 Å². The summed E-state index contributed by atoms with van der Waals surface area (Å²) >= 11 is 5.52. The monoisotopic (exact) mass is 273 g/mol. The van der Waals surface area contributed by atoms with E-state index in [4.69, 9.17) is 16.3 Å². The average Bonchev–Trinajstić information content (AvgIpc) is 2.68. The van der Waals surface area contributed by atoms with Crippen molar-refractivity contribution in [1.82, 2.24) is 14.7 Å². The van der Waals surface area contributed by atoms with Crippen LogP contribution in [0.5, 0.6) is 0 Å². The van der Waals surface area contributed by atoms with E-state index in [1.807, 2.05) is 20.9 Å². The lowest BCUT2D eigenvalue weighted by atomic mass is 10.2. The lowest BCUT2D eigenvalue weighted by Gasteiger charge is -2.20. The van der Waals surface area contributed by atoms with Crippen LogP contribution in [0.15, 0.2) is 6.20 Å². The highest BCUT2D eigenvalue weighted by Crippen LogP contribution is 2.08. The zero-order chi connectivity index (χ0) is 13.5. The Morgan fingerprint density at radius 3 is 2.78 bits per heavy atom. The molecule has 1 amide bonds. The Balaban J connectivity index is 2.59. The van der Waals surface area contributed by atoms with Crippen LogP contribution in [0.3, 0.4) is 0 Å². The van der Waals surface area contributed by atoms with E-state index in [0.717, 1.165) is 5.69 Å². The van der Waals surface area contributed by atoms with Gasteiger partial charge in [-0.1, -0.05) is 0 Å². The number of carbonyl (C=O) groups is 1. The molecule has 0 fully saturated rings. The molecule has 6 heteroatoms. The van der Waals surface area contributed by atoms with Gasteiger partial charge < -0.3 is 9.64 Å². The zero-order valence-corrected chi connectivity index (χ0v) is 11.9. The summed E-state index contributed by atoms with van der Waals surface area (Å²) in [6.07, 6.45) is 1.75. The third-order valence-corrected chi connectivity index (χ3v) is 2.79. The first kappa shape index (κ1) is 15.0. The molecule has 1 aromatic rings. The van der Waals surface area contributed by atoms with Gasteiger partial charge in [-0.05, 0) is 13.8 Å². The SMILES string of the molecule is CCN(CCOCCCl)C(=O)c1cn(C)nc1C. The number of carbonyl (C=O) groups excluding carboxylic acids is 1. The molecular formula is C12H20ClN3O2. The van der Waals surface area contributed by atoms with Gasteiger partial charge in [0.15, 0.2) is 0 Å². The van der Waals surface area contributed by atoms with Gasteiger partial charge in [0.05, 0.1) is 24.5 Å². The van der Waals surface area contributed by atoms with Crippen molar-refractivity contribution in [1.29, 1.82) is 0 Å². The van der Waals surface area contributed by atoms with Crippen molar-refractivity contribution in [3.05, 3.63) is 17.5 Å². The topological polar surface area (TPSA) is 47.4 Å². The maximum Gasteiger partial charge on any atom is 0.257 e. The van der Waals surface area contributed by atoms with E-state index in [-0.39, 0.29) is 5.91 Å². The fourth-order valence-corrected chi connectivity index (χ4v) is 1.82. The van der Waals surface area contributed by atoms with Crippen LogP contribution in [0, 0.1) is 6.92 Å². The summed E-state index contributed by atoms with van der Waals surface area (Å²) < 4.78 is 6.94. The first-order chi connectivity index (χ1) is 8.60. The number of aryl methyl sites for hydroxylation is 2. The van der Waals surface area contributed by atoms with Gasteiger partial charge in [0.25, 0.3) is 5.91 Å². The summed E-state index contributed by atoms with van der Waals surface area (Å²) in [5.41, 5.74) is 1.40. The first-order valence-corrected chi connectivity index (χ1v) is 6.56. The van der Waals surface area contributed by atoms with Crippen LogP contribution in [0.1, 0.15) is 23.0 Å². The van der Waals surface area contributed by atoms with Gasteiger partial charge in [-0.3, -0.25) is 9.48 Å². The minimum Gasteiger partial charge on any atom is -0.378 e. The number of likely N-dealkylation sites (N-methyl/N-ethyl adjacent to an activating group) is 1. The van der Waals surface area contributed by atoms with Crippen LogP contribution in [0.2, 0.25) is 0 Å². The van der Waals surface area contributed by atoms with E-state index >= 15 is 0 Å². The first-order valence-electron chi connectivity index (χ1n) is 6.03. The van der Waals surface area contributed by atoms with E-state index in [1.54, 1.807) is 15.8 Å². The summed E-state index contributed by atoms with van der Waals surface area (Å²) in [4.78, 5) is 14.0. The molecular weight excluding hydrogens is 254 g/mol. The number of hydrogen-bond donors (Lipinski definition) is 0. The normalized spacial score (nSPS) is 10.7. The van der Waals surface area contributed by atoms with Crippen LogP contribution >= 0.6 is 11.6 Å². The van der Waals surface area contributed by atoms with E-state index in [9.17, 15) is 4.79 Å². The Bertz CT molecular complexity index is 393. The van der Waals surface area contributed by atoms with Crippen LogP contribution in [0.25, 0.3) is 0 Å². The minimum atomic E-state index is -0.00225. The fraction of sp³-hybridized carbons (Fsp3) is 0.667. The van der Waals surface area contributed by atoms with Gasteiger partial charge in [-0.25, -0.2) is 0 Å². The van der Waals surface area contributed by atoms with Crippen LogP contribution < -0.4 is 0 Å². The smallest absolute Gasteiger partial charge is 0.257 e. The molecule has 0 N–H and O–H groups in total. The molecule has 18 heavy (non-hydrogen) atoms. The molecule has 1 heterocycles. The molecule has 0 aliphatic heterocycles. The second kappa shape index (κ2) is 7.38. The Morgan fingerprint density at radius 1 is 1.56 bits per heavy atom. The van der Waals surface area contributed by atoms with E-state index in [2.05, 4.69) is 5.10 Å². The number of amides is 1. The Kier molecular flexibility index (Phi) is 6.15. The van der Waals surface area contributed by atoms with Crippen molar-refractivity contribution in [3.8, 4) is 0 Å². The largest absolute Gasteiger partial charge is 0.378 e. The highest BCUT2D eigenvalue weighted by molar-refractivity contribution is 6.17. The predicted molar refractivity (Wildman–Crippen MR) is 71.1 cm³/mol. The molecule has 0 unspecified atom stereocenters. The number of hydrogen-bond acceptors (Lipinski definition) is 3. The van der Waals surface area contributed by atoms with Gasteiger partial charge in [-0.15, -0.1) is 11.6 Å². The maximum atomic E-state index is 12.3. The molecule has 0 radical (unpaired) electrons. The van der Waals surface area contributed by atoms with Gasteiger partial charge in [0, 0.05) is 32.2 Å². The van der Waals surface area contributed by atoms with Crippen molar-refractivity contribution in [2.75, 3.05) is 32.2 Å². The lowest BCUT2D eigenvalue weighted by Crippen LogP contribution is -2.34. The Labute approximate surface area is 113 Å². The third-order valence-electron chi connectivity index (χ3n) is 2.64. The van der Waals surface area contributed by atoms with Crippen molar-refractivity contribution >= 4 is 17.5 Å². The average molecular weight is 274 g/mol. The summed E-state index contributed by atoms with van der Waals surface area (Å²) in [7, 11) is 1.81. The zero-order valence-electron chi connectivity index (χ0n) is 11.1. The number of alkyl halides is 1. The highest BCUT2D eigenvalue weighted by atomic mass is 35.5. The van der Waals surface area contributed by atoms with Crippen LogP contribution in [-0.2, 0) is 11.8 Å². The summed E-state index contributed by atoms with van der Waals surface area (Å²) in [5.74, 6) is 0.472. The quantitative estimate of drug-likeness (QED) is 0.558. The number of rotatable bonds is 7. The van der Waals surface area contributed by atoms with E-state index in [1.165, 1.54) is 0 Å². The van der Waals surface area contributed by atoms with Crippen molar-refractivity contribution in [3.63, 3.8) is 0 Å². The summed E-state index contributed by atoms with van der Waals surface area (Å²) in [6, 6.07) is 0. The van der Waals surface area contributed by atoms with Gasteiger partial charge in [0.1, 0.15) is 0 Å². The Morgan fingerprint density at radius 2 is 2.28 bits per heavy atom. The van der Waals surface area contributed by atoms with Crippen LogP contribution in [0.4, 0.5) is 0 Å². The predicted octanol–water partition coefficient (Wildman–Crippen LogP) is 1.45. The summed E-state index contributed by atoms with van der Waals surface area (Å²) in [5, 5.41) is 4.18. The molecule has 5 nitrogen and oxygen atoms in total. The fourth-order valence-electron chi connectivity index (χ4n) is 1.71. The second-order valence-corrected chi connectivity index (χ2v) is 4.37. The molecule has 0 saturated heterocycles. The molecule has 1 aromatic heterocycles. The van der Waals surface area contributed by atoms with E-state index < -0.39 is 0 Å². The number of halogens is 1. The van der Waals surface area contributed by atoms with Crippen molar-refractivity contribution in [2.24, 2.45) is 7.05 Å². The number of ether oxygens (including phenoxy) is 1. The minimum absolute atomic E-state index is 0.00225. The maximum absolute atomic E-state index is 12.3. The molecule has 0 spiro atoms. The number of aromatic nitrogens is 2. The molecule has 0 atom stereocenters. The lowest BCUT2D eigenvalue weighted by molar-refractivity contribution is 0.0670. The molecule has 0 aliphatic carbocycles. The number of nitrogens with zero attached hydrogens (tertiary/aromatic N) is 3. The molecule has 1 rings (SSSR count). The molecule has 0 aromatic carbocycles. The molecule has 0 aliphatic rings. The third kappa shape index (κ3) is 3.99. The van der Waals surface area contributed by atoms with Gasteiger partial charge >= 0.3 is 0 Å². The second-order valence-electron chi connectivity index (χ2n) is 3.99. The highest BCUT2D eigenvalue weighted by Gasteiger charge is 2.18. The molecule has 0 saturated carbocycles. The van der Waals surface area contributed by atoms with Crippen molar-refractivity contribution in [2.45, 2.75) is 13.8 Å². The Hall–Kier alpha value is -1.07.